The fourth-order valence-electron chi connectivity index (χ4n) is 1.81. The predicted octanol–water partition coefficient (Wildman–Crippen LogP) is 2.81. The van der Waals surface area contributed by atoms with E-state index in [1.807, 2.05) is 18.3 Å². The summed E-state index contributed by atoms with van der Waals surface area (Å²) >= 11 is 0. The molecule has 0 radical (unpaired) electrons. The molecule has 0 unspecified atom stereocenters. The minimum absolute atomic E-state index is 1.01. The van der Waals surface area contributed by atoms with Crippen molar-refractivity contribution in [1.82, 2.24) is 9.97 Å². The lowest BCUT2D eigenvalue weighted by Crippen LogP contribution is -1.97. The first-order chi connectivity index (χ1) is 6.74. The van der Waals surface area contributed by atoms with E-state index in [4.69, 9.17) is 0 Å². The van der Waals surface area contributed by atoms with Gasteiger partial charge in [-0.3, -0.25) is 9.97 Å². The largest absolute Gasteiger partial charge is 0.254 e. The van der Waals surface area contributed by atoms with E-state index in [0.717, 1.165) is 23.1 Å². The first-order valence-corrected chi connectivity index (χ1v) is 4.95. The van der Waals surface area contributed by atoms with Gasteiger partial charge in [-0.05, 0) is 43.5 Å². The molecule has 0 atom stereocenters. The van der Waals surface area contributed by atoms with Gasteiger partial charge in [0.15, 0.2) is 0 Å². The molecule has 0 fully saturated rings. The maximum absolute atomic E-state index is 4.52. The molecule has 14 heavy (non-hydrogen) atoms. The van der Waals surface area contributed by atoms with Crippen LogP contribution in [0.25, 0.3) is 11.0 Å². The summed E-state index contributed by atoms with van der Waals surface area (Å²) in [5, 5.41) is 0. The molecule has 0 N–H and O–H groups in total. The van der Waals surface area contributed by atoms with Crippen molar-refractivity contribution in [1.29, 1.82) is 0 Å². The fourth-order valence-corrected chi connectivity index (χ4v) is 1.81. The lowest BCUT2D eigenvalue weighted by Gasteiger charge is -2.09. The lowest BCUT2D eigenvalue weighted by molar-refractivity contribution is 1.07. The van der Waals surface area contributed by atoms with Gasteiger partial charge in [0.05, 0.1) is 11.0 Å². The van der Waals surface area contributed by atoms with Gasteiger partial charge in [0.1, 0.15) is 0 Å². The first kappa shape index (κ1) is 9.13. The quantitative estimate of drug-likeness (QED) is 0.684. The van der Waals surface area contributed by atoms with Crippen LogP contribution in [0.15, 0.2) is 18.3 Å². The first-order valence-electron chi connectivity index (χ1n) is 4.95. The van der Waals surface area contributed by atoms with Crippen LogP contribution in [0.3, 0.4) is 0 Å². The monoisotopic (exact) mass is 186 g/mol. The SMILES string of the molecule is CCc1c(C)c(C)nc2cccnc12. The van der Waals surface area contributed by atoms with Crippen LogP contribution in [0.5, 0.6) is 0 Å². The van der Waals surface area contributed by atoms with Crippen LogP contribution in [-0.2, 0) is 6.42 Å². The van der Waals surface area contributed by atoms with Gasteiger partial charge in [-0.1, -0.05) is 6.92 Å². The van der Waals surface area contributed by atoms with Crippen molar-refractivity contribution in [3.05, 3.63) is 35.2 Å². The summed E-state index contributed by atoms with van der Waals surface area (Å²) in [6, 6.07) is 3.96. The van der Waals surface area contributed by atoms with Crippen LogP contribution in [0.4, 0.5) is 0 Å². The van der Waals surface area contributed by atoms with E-state index in [-0.39, 0.29) is 0 Å². The van der Waals surface area contributed by atoms with Crippen molar-refractivity contribution in [3.8, 4) is 0 Å². The zero-order chi connectivity index (χ0) is 10.1. The highest BCUT2D eigenvalue weighted by Gasteiger charge is 2.07. The molecule has 2 rings (SSSR count). The molecule has 0 aliphatic heterocycles. The molecule has 0 saturated carbocycles. The third-order valence-corrected chi connectivity index (χ3v) is 2.71. The fraction of sp³-hybridized carbons (Fsp3) is 0.333. The number of fused-ring (bicyclic) bond motifs is 1. The number of hydrogen-bond acceptors (Lipinski definition) is 2. The van der Waals surface area contributed by atoms with Crippen molar-refractivity contribution in [3.63, 3.8) is 0 Å². The highest BCUT2D eigenvalue weighted by atomic mass is 14.8. The van der Waals surface area contributed by atoms with Gasteiger partial charge in [-0.2, -0.15) is 0 Å². The van der Waals surface area contributed by atoms with E-state index in [1.165, 1.54) is 11.1 Å². The standard InChI is InChI=1S/C12H14N2/c1-4-10-8(2)9(3)14-11-6-5-7-13-12(10)11/h5-7H,4H2,1-3H3. The highest BCUT2D eigenvalue weighted by Crippen LogP contribution is 2.20. The Morgan fingerprint density at radius 2 is 2.07 bits per heavy atom. The minimum Gasteiger partial charge on any atom is -0.254 e. The summed E-state index contributed by atoms with van der Waals surface area (Å²) in [4.78, 5) is 8.91. The minimum atomic E-state index is 1.01. The van der Waals surface area contributed by atoms with Gasteiger partial charge in [-0.25, -0.2) is 0 Å². The molecule has 0 spiro atoms. The van der Waals surface area contributed by atoms with Gasteiger partial charge < -0.3 is 0 Å². The summed E-state index contributed by atoms with van der Waals surface area (Å²) in [7, 11) is 0. The third-order valence-electron chi connectivity index (χ3n) is 2.71. The molecule has 0 saturated heterocycles. The third kappa shape index (κ3) is 1.27. The molecule has 2 heteroatoms. The number of pyridine rings is 2. The number of rotatable bonds is 1. The molecule has 2 heterocycles. The average Bonchev–Trinajstić information content (AvgIpc) is 2.20. The average molecular weight is 186 g/mol. The zero-order valence-electron chi connectivity index (χ0n) is 8.83. The van der Waals surface area contributed by atoms with Gasteiger partial charge in [0.25, 0.3) is 0 Å². The topological polar surface area (TPSA) is 25.8 Å². The second-order valence-electron chi connectivity index (χ2n) is 3.53. The summed E-state index contributed by atoms with van der Waals surface area (Å²) in [5.74, 6) is 0. The van der Waals surface area contributed by atoms with Crippen LogP contribution in [0, 0.1) is 13.8 Å². The Morgan fingerprint density at radius 3 is 2.79 bits per heavy atom. The van der Waals surface area contributed by atoms with Crippen LogP contribution < -0.4 is 0 Å². The number of aromatic nitrogens is 2. The Bertz CT molecular complexity index is 475. The van der Waals surface area contributed by atoms with Crippen LogP contribution in [-0.4, -0.2) is 9.97 Å². The predicted molar refractivity (Wildman–Crippen MR) is 58.4 cm³/mol. The maximum atomic E-state index is 4.52. The Morgan fingerprint density at radius 1 is 1.29 bits per heavy atom. The number of aryl methyl sites for hydroxylation is 2. The molecule has 0 aliphatic carbocycles. The molecule has 0 amide bonds. The summed E-state index contributed by atoms with van der Waals surface area (Å²) < 4.78 is 0. The summed E-state index contributed by atoms with van der Waals surface area (Å²) in [6.07, 6.45) is 2.85. The van der Waals surface area contributed by atoms with E-state index < -0.39 is 0 Å². The van der Waals surface area contributed by atoms with Crippen LogP contribution in [0.1, 0.15) is 23.7 Å². The van der Waals surface area contributed by atoms with Crippen molar-refractivity contribution < 1.29 is 0 Å². The van der Waals surface area contributed by atoms with E-state index in [1.54, 1.807) is 0 Å². The molecule has 2 nitrogen and oxygen atoms in total. The van der Waals surface area contributed by atoms with E-state index in [9.17, 15) is 0 Å². The van der Waals surface area contributed by atoms with Gasteiger partial charge >= 0.3 is 0 Å². The van der Waals surface area contributed by atoms with Gasteiger partial charge in [-0.15, -0.1) is 0 Å². The van der Waals surface area contributed by atoms with Crippen molar-refractivity contribution in [2.24, 2.45) is 0 Å². The van der Waals surface area contributed by atoms with Crippen molar-refractivity contribution >= 4 is 11.0 Å². The number of hydrogen-bond donors (Lipinski definition) is 0. The molecule has 0 aromatic carbocycles. The molecule has 2 aromatic rings. The molecule has 0 aliphatic rings. The van der Waals surface area contributed by atoms with E-state index in [2.05, 4.69) is 30.7 Å². The molecular weight excluding hydrogens is 172 g/mol. The van der Waals surface area contributed by atoms with Crippen LogP contribution >= 0.6 is 0 Å². The Hall–Kier alpha value is -1.44. The van der Waals surface area contributed by atoms with E-state index >= 15 is 0 Å². The summed E-state index contributed by atoms with van der Waals surface area (Å²) in [6.45, 7) is 6.34. The van der Waals surface area contributed by atoms with Gasteiger partial charge in [0, 0.05) is 11.9 Å². The second kappa shape index (κ2) is 3.37. The van der Waals surface area contributed by atoms with E-state index in [0.29, 0.717) is 0 Å². The van der Waals surface area contributed by atoms with Crippen molar-refractivity contribution in [2.75, 3.05) is 0 Å². The highest BCUT2D eigenvalue weighted by molar-refractivity contribution is 5.79. The smallest absolute Gasteiger partial charge is 0.0921 e. The molecule has 72 valence electrons. The summed E-state index contributed by atoms with van der Waals surface area (Å²) in [5.41, 5.74) is 5.78. The molecule has 2 aromatic heterocycles. The Kier molecular flexibility index (Phi) is 2.20. The Balaban J connectivity index is 2.89. The normalized spacial score (nSPS) is 10.8. The number of nitrogens with zero attached hydrogens (tertiary/aromatic N) is 2. The molecular formula is C12H14N2. The Labute approximate surface area is 84.0 Å². The zero-order valence-corrected chi connectivity index (χ0v) is 8.83. The van der Waals surface area contributed by atoms with Gasteiger partial charge in [0.2, 0.25) is 0 Å². The maximum Gasteiger partial charge on any atom is 0.0921 e. The second-order valence-corrected chi connectivity index (χ2v) is 3.53. The molecule has 0 bridgehead atoms. The lowest BCUT2D eigenvalue weighted by atomic mass is 10.0. The van der Waals surface area contributed by atoms with Crippen LogP contribution in [0.2, 0.25) is 0 Å². The van der Waals surface area contributed by atoms with Crippen molar-refractivity contribution in [2.45, 2.75) is 27.2 Å².